The predicted octanol–water partition coefficient (Wildman–Crippen LogP) is 3.80. The zero-order chi connectivity index (χ0) is 16.5. The number of carbonyl (C=O) groups is 1. The molecule has 0 aliphatic heterocycles. The molecule has 0 saturated carbocycles. The van der Waals surface area contributed by atoms with Gasteiger partial charge in [0, 0.05) is 5.69 Å². The van der Waals surface area contributed by atoms with Gasteiger partial charge in [-0.3, -0.25) is 4.72 Å². The number of anilines is 1. The van der Waals surface area contributed by atoms with Crippen molar-refractivity contribution in [3.05, 3.63) is 57.6 Å². The zero-order valence-corrected chi connectivity index (χ0v) is 13.6. The quantitative estimate of drug-likeness (QED) is 0.869. The number of hydrogen-bond acceptors (Lipinski definition) is 3. The molecule has 5 nitrogen and oxygen atoms in total. The van der Waals surface area contributed by atoms with E-state index in [-0.39, 0.29) is 26.2 Å². The van der Waals surface area contributed by atoms with Gasteiger partial charge in [0.1, 0.15) is 0 Å². The van der Waals surface area contributed by atoms with Gasteiger partial charge in [0.15, 0.2) is 0 Å². The Bertz CT molecular complexity index is 850. The smallest absolute Gasteiger partial charge is 0.335 e. The molecule has 0 unspecified atom stereocenters. The highest BCUT2D eigenvalue weighted by molar-refractivity contribution is 7.92. The average molecular weight is 360 g/mol. The molecule has 0 atom stereocenters. The Morgan fingerprint density at radius 1 is 1.14 bits per heavy atom. The summed E-state index contributed by atoms with van der Waals surface area (Å²) in [5.41, 5.74) is 0.549. The Morgan fingerprint density at radius 2 is 1.77 bits per heavy atom. The molecular formula is C14H11Cl2NO4S. The van der Waals surface area contributed by atoms with Crippen LogP contribution in [-0.2, 0) is 10.0 Å². The van der Waals surface area contributed by atoms with Gasteiger partial charge in [-0.15, -0.1) is 0 Å². The van der Waals surface area contributed by atoms with Crippen LogP contribution in [-0.4, -0.2) is 19.5 Å². The normalized spacial score (nSPS) is 11.2. The van der Waals surface area contributed by atoms with Crippen molar-refractivity contribution in [2.75, 3.05) is 4.72 Å². The van der Waals surface area contributed by atoms with Gasteiger partial charge < -0.3 is 5.11 Å². The number of benzene rings is 2. The predicted molar refractivity (Wildman–Crippen MR) is 85.4 cm³/mol. The number of carboxylic acid groups (broad SMARTS) is 1. The summed E-state index contributed by atoms with van der Waals surface area (Å²) in [5, 5.41) is 9.30. The Morgan fingerprint density at radius 3 is 2.41 bits per heavy atom. The third-order valence-electron chi connectivity index (χ3n) is 2.87. The standard InChI is InChI=1S/C14H11Cl2NO4S/c1-8-5-11(15)12(16)7-13(8)22(20,21)17-10-4-2-3-9(6-10)14(18)19/h2-7,17H,1H3,(H,18,19). The van der Waals surface area contributed by atoms with Crippen LogP contribution < -0.4 is 4.72 Å². The van der Waals surface area contributed by atoms with E-state index in [9.17, 15) is 13.2 Å². The van der Waals surface area contributed by atoms with Gasteiger partial charge in [0.25, 0.3) is 10.0 Å². The molecule has 22 heavy (non-hydrogen) atoms. The lowest BCUT2D eigenvalue weighted by atomic mass is 10.2. The maximum atomic E-state index is 12.4. The minimum atomic E-state index is -3.91. The molecule has 0 bridgehead atoms. The molecule has 0 heterocycles. The molecule has 0 aliphatic rings. The maximum Gasteiger partial charge on any atom is 0.335 e. The van der Waals surface area contributed by atoms with Gasteiger partial charge in [0.05, 0.1) is 20.5 Å². The molecule has 116 valence electrons. The number of nitrogens with one attached hydrogen (secondary N) is 1. The van der Waals surface area contributed by atoms with Gasteiger partial charge in [-0.05, 0) is 42.8 Å². The number of aryl methyl sites for hydroxylation is 1. The first kappa shape index (κ1) is 16.6. The molecule has 0 fully saturated rings. The maximum absolute atomic E-state index is 12.4. The van der Waals surface area contributed by atoms with Crippen molar-refractivity contribution in [2.45, 2.75) is 11.8 Å². The number of rotatable bonds is 4. The highest BCUT2D eigenvalue weighted by Gasteiger charge is 2.19. The highest BCUT2D eigenvalue weighted by atomic mass is 35.5. The highest BCUT2D eigenvalue weighted by Crippen LogP contribution is 2.29. The summed E-state index contributed by atoms with van der Waals surface area (Å²) in [6, 6.07) is 8.20. The summed E-state index contributed by atoms with van der Waals surface area (Å²) >= 11 is 11.7. The first-order valence-corrected chi connectivity index (χ1v) is 8.26. The SMILES string of the molecule is Cc1cc(Cl)c(Cl)cc1S(=O)(=O)Nc1cccc(C(=O)O)c1. The molecule has 0 amide bonds. The van der Waals surface area contributed by atoms with Crippen molar-refractivity contribution in [1.82, 2.24) is 0 Å². The van der Waals surface area contributed by atoms with Crippen molar-refractivity contribution in [3.63, 3.8) is 0 Å². The molecule has 2 aromatic carbocycles. The summed E-state index contributed by atoms with van der Waals surface area (Å²) in [6.07, 6.45) is 0. The third kappa shape index (κ3) is 3.52. The molecule has 8 heteroatoms. The van der Waals surface area contributed by atoms with Crippen molar-refractivity contribution in [1.29, 1.82) is 0 Å². The minimum Gasteiger partial charge on any atom is -0.478 e. The molecule has 2 rings (SSSR count). The minimum absolute atomic E-state index is 0.0222. The molecule has 2 N–H and O–H groups in total. The van der Waals surface area contributed by atoms with Gasteiger partial charge in [0.2, 0.25) is 0 Å². The van der Waals surface area contributed by atoms with Crippen LogP contribution in [0.3, 0.4) is 0 Å². The van der Waals surface area contributed by atoms with E-state index in [0.717, 1.165) is 0 Å². The van der Waals surface area contributed by atoms with Gasteiger partial charge >= 0.3 is 5.97 Å². The van der Waals surface area contributed by atoms with Crippen LogP contribution in [0.5, 0.6) is 0 Å². The fourth-order valence-corrected chi connectivity index (χ4v) is 3.59. The molecule has 0 aliphatic carbocycles. The van der Waals surface area contributed by atoms with Crippen LogP contribution in [0.1, 0.15) is 15.9 Å². The lowest BCUT2D eigenvalue weighted by Gasteiger charge is -2.12. The van der Waals surface area contributed by atoms with Gasteiger partial charge in [-0.25, -0.2) is 13.2 Å². The van der Waals surface area contributed by atoms with E-state index in [0.29, 0.717) is 5.56 Å². The number of hydrogen-bond donors (Lipinski definition) is 2. The second-order valence-corrected chi connectivity index (χ2v) is 6.99. The zero-order valence-electron chi connectivity index (χ0n) is 11.3. The van der Waals surface area contributed by atoms with Gasteiger partial charge in [-0.2, -0.15) is 0 Å². The number of carboxylic acids is 1. The summed E-state index contributed by atoms with van der Waals surface area (Å²) < 4.78 is 27.1. The second-order valence-electron chi connectivity index (χ2n) is 4.52. The van der Waals surface area contributed by atoms with Crippen LogP contribution in [0, 0.1) is 6.92 Å². The van der Waals surface area contributed by atoms with Crippen molar-refractivity contribution in [3.8, 4) is 0 Å². The van der Waals surface area contributed by atoms with Crippen LogP contribution in [0.2, 0.25) is 10.0 Å². The lowest BCUT2D eigenvalue weighted by molar-refractivity contribution is 0.0697. The van der Waals surface area contributed by atoms with E-state index < -0.39 is 16.0 Å². The van der Waals surface area contributed by atoms with E-state index >= 15 is 0 Å². The van der Waals surface area contributed by atoms with Crippen LogP contribution in [0.4, 0.5) is 5.69 Å². The molecule has 0 spiro atoms. The fraction of sp³-hybridized carbons (Fsp3) is 0.0714. The summed E-state index contributed by atoms with van der Waals surface area (Å²) in [7, 11) is -3.91. The third-order valence-corrected chi connectivity index (χ3v) is 5.11. The molecule has 0 aromatic heterocycles. The van der Waals surface area contributed by atoms with Crippen molar-refractivity contribution < 1.29 is 18.3 Å². The van der Waals surface area contributed by atoms with Crippen molar-refractivity contribution >= 4 is 44.9 Å². The first-order valence-electron chi connectivity index (χ1n) is 6.02. The Hall–Kier alpha value is -1.76. The lowest BCUT2D eigenvalue weighted by Crippen LogP contribution is -2.14. The molecule has 0 saturated heterocycles. The van der Waals surface area contributed by atoms with Crippen LogP contribution >= 0.6 is 23.2 Å². The van der Waals surface area contributed by atoms with E-state index in [1.165, 1.54) is 36.4 Å². The largest absolute Gasteiger partial charge is 0.478 e. The Kier molecular flexibility index (Phi) is 4.65. The van der Waals surface area contributed by atoms with Crippen LogP contribution in [0.15, 0.2) is 41.3 Å². The topological polar surface area (TPSA) is 83.5 Å². The van der Waals surface area contributed by atoms with E-state index in [1.807, 2.05) is 0 Å². The van der Waals surface area contributed by atoms with E-state index in [2.05, 4.69) is 4.72 Å². The Balaban J connectivity index is 2.42. The molecule has 2 aromatic rings. The summed E-state index contributed by atoms with van der Waals surface area (Å²) in [4.78, 5) is 10.9. The summed E-state index contributed by atoms with van der Waals surface area (Å²) in [6.45, 7) is 1.59. The van der Waals surface area contributed by atoms with E-state index in [4.69, 9.17) is 28.3 Å². The molecular weight excluding hydrogens is 349 g/mol. The second kappa shape index (κ2) is 6.16. The van der Waals surface area contributed by atoms with E-state index in [1.54, 1.807) is 6.92 Å². The van der Waals surface area contributed by atoms with Gasteiger partial charge in [-0.1, -0.05) is 29.3 Å². The van der Waals surface area contributed by atoms with Crippen molar-refractivity contribution in [2.24, 2.45) is 0 Å². The average Bonchev–Trinajstić information content (AvgIpc) is 2.42. The monoisotopic (exact) mass is 359 g/mol. The Labute approximate surface area is 137 Å². The van der Waals surface area contributed by atoms with Crippen LogP contribution in [0.25, 0.3) is 0 Å². The number of sulfonamides is 1. The molecule has 0 radical (unpaired) electrons. The summed E-state index contributed by atoms with van der Waals surface area (Å²) in [5.74, 6) is -1.15. The first-order chi connectivity index (χ1) is 10.2. The number of aromatic carboxylic acids is 1. The number of halogens is 2. The fourth-order valence-electron chi connectivity index (χ4n) is 1.84.